The van der Waals surface area contributed by atoms with Crippen LogP contribution < -0.4 is 5.32 Å². The van der Waals surface area contributed by atoms with Crippen molar-refractivity contribution in [3.05, 3.63) is 57.9 Å². The Bertz CT molecular complexity index is 758. The highest BCUT2D eigenvalue weighted by molar-refractivity contribution is 6.03. The van der Waals surface area contributed by atoms with Crippen molar-refractivity contribution in [1.82, 2.24) is 5.32 Å². The third-order valence-electron chi connectivity index (χ3n) is 4.65. The molecule has 4 heteroatoms. The third kappa shape index (κ3) is 2.88. The van der Waals surface area contributed by atoms with Crippen LogP contribution in [0.5, 0.6) is 0 Å². The molecule has 1 aromatic rings. The fourth-order valence-electron chi connectivity index (χ4n) is 3.65. The van der Waals surface area contributed by atoms with Gasteiger partial charge in [-0.3, -0.25) is 4.79 Å². The summed E-state index contributed by atoms with van der Waals surface area (Å²) < 4.78 is 5.28. The minimum Gasteiger partial charge on any atom is -0.463 e. The molecule has 1 aromatic carbocycles. The second-order valence-electron chi connectivity index (χ2n) is 6.40. The van der Waals surface area contributed by atoms with Crippen molar-refractivity contribution in [1.29, 1.82) is 0 Å². The number of dihydropyridines is 1. The van der Waals surface area contributed by atoms with Gasteiger partial charge in [-0.05, 0) is 39.2 Å². The molecule has 3 rings (SSSR count). The molecule has 0 bridgehead atoms. The van der Waals surface area contributed by atoms with Crippen LogP contribution in [0.2, 0.25) is 0 Å². The molecule has 0 saturated carbocycles. The van der Waals surface area contributed by atoms with Gasteiger partial charge in [-0.25, -0.2) is 4.79 Å². The molecule has 24 heavy (non-hydrogen) atoms. The van der Waals surface area contributed by atoms with Crippen molar-refractivity contribution in [3.63, 3.8) is 0 Å². The van der Waals surface area contributed by atoms with Gasteiger partial charge in [-0.1, -0.05) is 29.8 Å². The second kappa shape index (κ2) is 6.63. The summed E-state index contributed by atoms with van der Waals surface area (Å²) in [5.74, 6) is -0.559. The summed E-state index contributed by atoms with van der Waals surface area (Å²) in [6, 6.07) is 8.03. The number of allylic oxidation sites excluding steroid dienone is 3. The van der Waals surface area contributed by atoms with Gasteiger partial charge >= 0.3 is 5.97 Å². The van der Waals surface area contributed by atoms with E-state index in [9.17, 15) is 9.59 Å². The Morgan fingerprint density at radius 3 is 2.79 bits per heavy atom. The smallest absolute Gasteiger partial charge is 0.336 e. The molecule has 1 aliphatic heterocycles. The SMILES string of the molecule is CCOC(=O)C1=C(C)NC2=C(C(=O)CCC2)[C@H]1c1cccc(C)c1. The first kappa shape index (κ1) is 16.5. The van der Waals surface area contributed by atoms with Crippen LogP contribution in [0.25, 0.3) is 0 Å². The van der Waals surface area contributed by atoms with Crippen molar-refractivity contribution in [3.8, 4) is 0 Å². The number of hydrogen-bond acceptors (Lipinski definition) is 4. The van der Waals surface area contributed by atoms with Gasteiger partial charge in [0.05, 0.1) is 12.2 Å². The number of nitrogens with one attached hydrogen (secondary N) is 1. The van der Waals surface area contributed by atoms with E-state index in [1.165, 1.54) is 0 Å². The van der Waals surface area contributed by atoms with Crippen LogP contribution in [0.4, 0.5) is 0 Å². The zero-order chi connectivity index (χ0) is 17.3. The summed E-state index contributed by atoms with van der Waals surface area (Å²) >= 11 is 0. The fraction of sp³-hybridized carbons (Fsp3) is 0.400. The highest BCUT2D eigenvalue weighted by Crippen LogP contribution is 2.42. The molecule has 0 unspecified atom stereocenters. The summed E-state index contributed by atoms with van der Waals surface area (Å²) in [5, 5.41) is 3.29. The number of esters is 1. The molecule has 0 amide bonds. The van der Waals surface area contributed by atoms with E-state index in [4.69, 9.17) is 4.74 Å². The van der Waals surface area contributed by atoms with E-state index in [1.54, 1.807) is 6.92 Å². The highest BCUT2D eigenvalue weighted by atomic mass is 16.5. The maximum atomic E-state index is 12.7. The molecule has 0 saturated heterocycles. The molecule has 1 aliphatic carbocycles. The maximum Gasteiger partial charge on any atom is 0.336 e. The van der Waals surface area contributed by atoms with Crippen molar-refractivity contribution in [2.75, 3.05) is 6.61 Å². The molecule has 0 spiro atoms. The van der Waals surface area contributed by atoms with Gasteiger partial charge in [0, 0.05) is 29.3 Å². The zero-order valence-electron chi connectivity index (χ0n) is 14.4. The molecule has 126 valence electrons. The molecule has 4 nitrogen and oxygen atoms in total. The van der Waals surface area contributed by atoms with Crippen LogP contribution >= 0.6 is 0 Å². The van der Waals surface area contributed by atoms with Gasteiger partial charge in [0.25, 0.3) is 0 Å². The Labute approximate surface area is 142 Å². The number of aryl methyl sites for hydroxylation is 1. The number of hydrogen-bond donors (Lipinski definition) is 1. The van der Waals surface area contributed by atoms with Crippen molar-refractivity contribution in [2.45, 2.75) is 46.0 Å². The van der Waals surface area contributed by atoms with Crippen molar-refractivity contribution < 1.29 is 14.3 Å². The van der Waals surface area contributed by atoms with Crippen LogP contribution in [0.3, 0.4) is 0 Å². The van der Waals surface area contributed by atoms with E-state index in [1.807, 2.05) is 32.0 Å². The second-order valence-corrected chi connectivity index (χ2v) is 6.40. The highest BCUT2D eigenvalue weighted by Gasteiger charge is 2.38. The zero-order valence-corrected chi connectivity index (χ0v) is 14.4. The number of ether oxygens (including phenoxy) is 1. The molecular formula is C20H23NO3. The minimum atomic E-state index is -0.348. The number of Topliss-reactive ketones (excluding diaryl/α,β-unsaturated/α-hetero) is 1. The lowest BCUT2D eigenvalue weighted by Crippen LogP contribution is -2.34. The topological polar surface area (TPSA) is 55.4 Å². The normalized spacial score (nSPS) is 20.6. The molecule has 1 heterocycles. The summed E-state index contributed by atoms with van der Waals surface area (Å²) in [7, 11) is 0. The van der Waals surface area contributed by atoms with Crippen LogP contribution in [-0.4, -0.2) is 18.4 Å². The number of rotatable bonds is 3. The Morgan fingerprint density at radius 1 is 1.29 bits per heavy atom. The first-order valence-corrected chi connectivity index (χ1v) is 8.50. The van der Waals surface area contributed by atoms with E-state index in [-0.39, 0.29) is 17.7 Å². The molecule has 1 atom stereocenters. The fourth-order valence-corrected chi connectivity index (χ4v) is 3.65. The summed E-state index contributed by atoms with van der Waals surface area (Å²) in [6.45, 7) is 6.01. The lowest BCUT2D eigenvalue weighted by Gasteiger charge is -2.34. The van der Waals surface area contributed by atoms with Gasteiger partial charge in [0.1, 0.15) is 0 Å². The van der Waals surface area contributed by atoms with Crippen LogP contribution in [0.15, 0.2) is 46.8 Å². The lowest BCUT2D eigenvalue weighted by molar-refractivity contribution is -0.138. The quantitative estimate of drug-likeness (QED) is 0.864. The number of carbonyl (C=O) groups is 2. The van der Waals surface area contributed by atoms with Crippen LogP contribution in [0.1, 0.15) is 50.2 Å². The molecular weight excluding hydrogens is 302 g/mol. The largest absolute Gasteiger partial charge is 0.463 e. The van der Waals surface area contributed by atoms with Gasteiger partial charge in [-0.2, -0.15) is 0 Å². The van der Waals surface area contributed by atoms with Gasteiger partial charge in [-0.15, -0.1) is 0 Å². The summed E-state index contributed by atoms with van der Waals surface area (Å²) in [5.41, 5.74) is 5.12. The first-order chi connectivity index (χ1) is 11.5. The number of benzene rings is 1. The monoisotopic (exact) mass is 325 g/mol. The average Bonchev–Trinajstić information content (AvgIpc) is 2.54. The Kier molecular flexibility index (Phi) is 4.56. The summed E-state index contributed by atoms with van der Waals surface area (Å²) in [6.07, 6.45) is 2.24. The van der Waals surface area contributed by atoms with E-state index in [0.29, 0.717) is 18.6 Å². The van der Waals surface area contributed by atoms with E-state index in [0.717, 1.165) is 40.9 Å². The third-order valence-corrected chi connectivity index (χ3v) is 4.65. The predicted molar refractivity (Wildman–Crippen MR) is 92.3 cm³/mol. The Morgan fingerprint density at radius 2 is 2.08 bits per heavy atom. The average molecular weight is 325 g/mol. The Hall–Kier alpha value is -2.36. The van der Waals surface area contributed by atoms with Gasteiger partial charge in [0.15, 0.2) is 5.78 Å². The Balaban J connectivity index is 2.17. The summed E-state index contributed by atoms with van der Waals surface area (Å²) in [4.78, 5) is 25.3. The molecule has 0 aromatic heterocycles. The number of carbonyl (C=O) groups excluding carboxylic acids is 2. The van der Waals surface area contributed by atoms with Gasteiger partial charge in [0.2, 0.25) is 0 Å². The molecule has 0 fully saturated rings. The first-order valence-electron chi connectivity index (χ1n) is 8.50. The molecule has 0 radical (unpaired) electrons. The minimum absolute atomic E-state index is 0.129. The lowest BCUT2D eigenvalue weighted by atomic mass is 9.75. The predicted octanol–water partition coefficient (Wildman–Crippen LogP) is 3.53. The molecule has 1 N–H and O–H groups in total. The van der Waals surface area contributed by atoms with Gasteiger partial charge < -0.3 is 10.1 Å². The standard InChI is InChI=1S/C20H23NO3/c1-4-24-20(23)17-13(3)21-15-9-6-10-16(22)19(15)18(17)14-8-5-7-12(2)11-14/h5,7-8,11,18,21H,4,6,9-10H2,1-3H3/t18-/m0/s1. The van der Waals surface area contributed by atoms with Crippen molar-refractivity contribution >= 4 is 11.8 Å². The number of ketones is 1. The maximum absolute atomic E-state index is 12.7. The van der Waals surface area contributed by atoms with E-state index >= 15 is 0 Å². The van der Waals surface area contributed by atoms with E-state index in [2.05, 4.69) is 11.4 Å². The molecule has 2 aliphatic rings. The van der Waals surface area contributed by atoms with E-state index < -0.39 is 0 Å². The van der Waals surface area contributed by atoms with Crippen LogP contribution in [-0.2, 0) is 14.3 Å². The van der Waals surface area contributed by atoms with Crippen molar-refractivity contribution in [2.24, 2.45) is 0 Å². The van der Waals surface area contributed by atoms with Crippen LogP contribution in [0, 0.1) is 6.92 Å².